The molecule has 3 aromatic rings. The number of benzene rings is 2. The van der Waals surface area contributed by atoms with Crippen molar-refractivity contribution in [3.63, 3.8) is 0 Å². The summed E-state index contributed by atoms with van der Waals surface area (Å²) < 4.78 is 5.75. The van der Waals surface area contributed by atoms with E-state index in [-0.39, 0.29) is 0 Å². The number of para-hydroxylation sites is 1. The zero-order chi connectivity index (χ0) is 13.9. The minimum Gasteiger partial charge on any atom is -0.489 e. The maximum atomic E-state index is 5.96. The lowest BCUT2D eigenvalue weighted by Gasteiger charge is -2.08. The number of halogens is 2. The fraction of sp³-hybridized carbons (Fsp3) is 0.0625. The van der Waals surface area contributed by atoms with Crippen molar-refractivity contribution in [2.45, 2.75) is 6.61 Å². The van der Waals surface area contributed by atoms with Crippen LogP contribution in [0.5, 0.6) is 5.75 Å². The number of hydrogen-bond acceptors (Lipinski definition) is 2. The molecule has 0 aliphatic rings. The van der Waals surface area contributed by atoms with Crippen LogP contribution in [0, 0.1) is 0 Å². The van der Waals surface area contributed by atoms with E-state index >= 15 is 0 Å². The van der Waals surface area contributed by atoms with Gasteiger partial charge in [0.1, 0.15) is 17.5 Å². The van der Waals surface area contributed by atoms with E-state index < -0.39 is 0 Å². The summed E-state index contributed by atoms with van der Waals surface area (Å²) in [5.41, 5.74) is 1.87. The molecule has 0 spiro atoms. The van der Waals surface area contributed by atoms with Crippen molar-refractivity contribution in [1.82, 2.24) is 4.98 Å². The third-order valence-corrected chi connectivity index (χ3v) is 3.44. The fourth-order valence-corrected chi connectivity index (χ4v) is 2.27. The molecule has 0 atom stereocenters. The van der Waals surface area contributed by atoms with E-state index in [2.05, 4.69) is 4.98 Å². The molecule has 100 valence electrons. The predicted molar refractivity (Wildman–Crippen MR) is 82.5 cm³/mol. The summed E-state index contributed by atoms with van der Waals surface area (Å²) in [6.45, 7) is 0.437. The molecule has 0 aliphatic carbocycles. The Hall–Kier alpha value is -1.77. The monoisotopic (exact) mass is 303 g/mol. The second-order valence-electron chi connectivity index (χ2n) is 4.37. The molecule has 0 radical (unpaired) electrons. The predicted octanol–water partition coefficient (Wildman–Crippen LogP) is 5.12. The molecule has 0 N–H and O–H groups in total. The Bertz CT molecular complexity index is 741. The van der Waals surface area contributed by atoms with Crippen molar-refractivity contribution in [1.29, 1.82) is 0 Å². The van der Waals surface area contributed by atoms with E-state index in [4.69, 9.17) is 27.9 Å². The van der Waals surface area contributed by atoms with Crippen LogP contribution in [0.2, 0.25) is 10.2 Å². The van der Waals surface area contributed by atoms with Gasteiger partial charge in [0.25, 0.3) is 0 Å². The summed E-state index contributed by atoms with van der Waals surface area (Å²) in [6, 6.07) is 17.0. The van der Waals surface area contributed by atoms with Crippen molar-refractivity contribution < 1.29 is 4.74 Å². The molecule has 4 heteroatoms. The Labute approximate surface area is 126 Å². The van der Waals surface area contributed by atoms with Crippen LogP contribution >= 0.6 is 23.2 Å². The molecular formula is C16H11Cl2NO. The van der Waals surface area contributed by atoms with Crippen molar-refractivity contribution in [2.24, 2.45) is 0 Å². The van der Waals surface area contributed by atoms with Crippen molar-refractivity contribution in [3.8, 4) is 5.75 Å². The number of ether oxygens (including phenoxy) is 1. The van der Waals surface area contributed by atoms with Gasteiger partial charge in [0.2, 0.25) is 0 Å². The van der Waals surface area contributed by atoms with Crippen molar-refractivity contribution in [3.05, 3.63) is 70.3 Å². The Balaban J connectivity index is 1.87. The van der Waals surface area contributed by atoms with Gasteiger partial charge in [-0.05, 0) is 36.4 Å². The number of fused-ring (bicyclic) bond motifs is 1. The third kappa shape index (κ3) is 2.87. The van der Waals surface area contributed by atoms with Gasteiger partial charge in [-0.3, -0.25) is 0 Å². The molecule has 0 amide bonds. The normalized spacial score (nSPS) is 10.7. The first-order chi connectivity index (χ1) is 9.72. The third-order valence-electron chi connectivity index (χ3n) is 2.98. The van der Waals surface area contributed by atoms with Crippen LogP contribution in [0.3, 0.4) is 0 Å². The molecule has 20 heavy (non-hydrogen) atoms. The highest BCUT2D eigenvalue weighted by Gasteiger charge is 2.04. The first-order valence-corrected chi connectivity index (χ1v) is 6.90. The van der Waals surface area contributed by atoms with Crippen LogP contribution in [0.15, 0.2) is 54.6 Å². The Morgan fingerprint density at radius 2 is 1.70 bits per heavy atom. The summed E-state index contributed by atoms with van der Waals surface area (Å²) in [4.78, 5) is 4.37. The standard InChI is InChI=1S/C16H11Cl2NO/c17-13-5-7-14(8-6-13)20-10-12-3-1-2-11-4-9-15(18)19-16(11)12/h1-9H,10H2. The van der Waals surface area contributed by atoms with Crippen molar-refractivity contribution in [2.75, 3.05) is 0 Å². The van der Waals surface area contributed by atoms with Gasteiger partial charge in [0, 0.05) is 16.0 Å². The summed E-state index contributed by atoms with van der Waals surface area (Å²) >= 11 is 11.8. The zero-order valence-electron chi connectivity index (χ0n) is 10.5. The summed E-state index contributed by atoms with van der Waals surface area (Å²) in [6.07, 6.45) is 0. The molecule has 0 saturated carbocycles. The van der Waals surface area contributed by atoms with E-state index in [0.717, 1.165) is 22.2 Å². The maximum Gasteiger partial charge on any atom is 0.129 e. The van der Waals surface area contributed by atoms with E-state index in [0.29, 0.717) is 16.8 Å². The van der Waals surface area contributed by atoms with Crippen LogP contribution in [0.4, 0.5) is 0 Å². The van der Waals surface area contributed by atoms with E-state index in [9.17, 15) is 0 Å². The average Bonchev–Trinajstić information content (AvgIpc) is 2.47. The van der Waals surface area contributed by atoms with Crippen LogP contribution in [0.1, 0.15) is 5.56 Å². The minimum atomic E-state index is 0.437. The molecule has 0 aliphatic heterocycles. The molecule has 1 heterocycles. The SMILES string of the molecule is Clc1ccc(OCc2cccc3ccc(Cl)nc23)cc1. The van der Waals surface area contributed by atoms with Crippen LogP contribution in [-0.4, -0.2) is 4.98 Å². The molecule has 3 rings (SSSR count). The number of hydrogen-bond donors (Lipinski definition) is 0. The lowest BCUT2D eigenvalue weighted by atomic mass is 10.1. The van der Waals surface area contributed by atoms with Gasteiger partial charge in [-0.1, -0.05) is 41.4 Å². The van der Waals surface area contributed by atoms with Gasteiger partial charge >= 0.3 is 0 Å². The van der Waals surface area contributed by atoms with Gasteiger partial charge in [-0.2, -0.15) is 0 Å². The number of rotatable bonds is 3. The van der Waals surface area contributed by atoms with E-state index in [1.807, 2.05) is 36.4 Å². The smallest absolute Gasteiger partial charge is 0.129 e. The van der Waals surface area contributed by atoms with Crippen LogP contribution in [-0.2, 0) is 6.61 Å². The molecular weight excluding hydrogens is 293 g/mol. The Kier molecular flexibility index (Phi) is 3.77. The quantitative estimate of drug-likeness (QED) is 0.626. The van der Waals surface area contributed by atoms with Gasteiger partial charge in [0.05, 0.1) is 5.52 Å². The maximum absolute atomic E-state index is 5.96. The highest BCUT2D eigenvalue weighted by Crippen LogP contribution is 2.22. The van der Waals surface area contributed by atoms with Gasteiger partial charge in [-0.15, -0.1) is 0 Å². The highest BCUT2D eigenvalue weighted by molar-refractivity contribution is 6.30. The fourth-order valence-electron chi connectivity index (χ4n) is 1.99. The average molecular weight is 304 g/mol. The number of nitrogens with zero attached hydrogens (tertiary/aromatic N) is 1. The topological polar surface area (TPSA) is 22.1 Å². The molecule has 0 bridgehead atoms. The summed E-state index contributed by atoms with van der Waals surface area (Å²) in [5.74, 6) is 0.772. The number of pyridine rings is 1. The van der Waals surface area contributed by atoms with E-state index in [1.165, 1.54) is 0 Å². The van der Waals surface area contributed by atoms with Crippen LogP contribution < -0.4 is 4.74 Å². The van der Waals surface area contributed by atoms with Gasteiger partial charge in [-0.25, -0.2) is 4.98 Å². The van der Waals surface area contributed by atoms with Gasteiger partial charge < -0.3 is 4.74 Å². The molecule has 2 aromatic carbocycles. The molecule has 0 fully saturated rings. The number of aromatic nitrogens is 1. The summed E-state index contributed by atoms with van der Waals surface area (Å²) in [5, 5.41) is 2.22. The minimum absolute atomic E-state index is 0.437. The first-order valence-electron chi connectivity index (χ1n) is 6.15. The van der Waals surface area contributed by atoms with Gasteiger partial charge in [0.15, 0.2) is 0 Å². The largest absolute Gasteiger partial charge is 0.489 e. The molecule has 0 unspecified atom stereocenters. The first kappa shape index (κ1) is 13.2. The molecule has 1 aromatic heterocycles. The molecule has 2 nitrogen and oxygen atoms in total. The Morgan fingerprint density at radius 3 is 2.50 bits per heavy atom. The second kappa shape index (κ2) is 5.70. The second-order valence-corrected chi connectivity index (χ2v) is 5.19. The van der Waals surface area contributed by atoms with E-state index in [1.54, 1.807) is 18.2 Å². The lowest BCUT2D eigenvalue weighted by Crippen LogP contribution is -1.97. The molecule has 0 saturated heterocycles. The highest BCUT2D eigenvalue weighted by atomic mass is 35.5. The lowest BCUT2D eigenvalue weighted by molar-refractivity contribution is 0.307. The van der Waals surface area contributed by atoms with Crippen molar-refractivity contribution >= 4 is 34.1 Å². The Morgan fingerprint density at radius 1 is 0.900 bits per heavy atom. The van der Waals surface area contributed by atoms with Crippen LogP contribution in [0.25, 0.3) is 10.9 Å². The zero-order valence-corrected chi connectivity index (χ0v) is 12.0. The summed E-state index contributed by atoms with van der Waals surface area (Å²) in [7, 11) is 0.